The molecule has 2 atom stereocenters. The molecule has 2 unspecified atom stereocenters. The Balaban J connectivity index is 1.67. The summed E-state index contributed by atoms with van der Waals surface area (Å²) in [6.07, 6.45) is -0.0432. The van der Waals surface area contributed by atoms with Gasteiger partial charge < -0.3 is 19.3 Å². The summed E-state index contributed by atoms with van der Waals surface area (Å²) in [4.78, 5) is 12.3. The summed E-state index contributed by atoms with van der Waals surface area (Å²) < 4.78 is 17.1. The summed E-state index contributed by atoms with van der Waals surface area (Å²) in [6, 6.07) is 21.1. The second-order valence-corrected chi connectivity index (χ2v) is 7.59. The van der Waals surface area contributed by atoms with E-state index in [0.717, 1.165) is 22.6 Å². The average molecular weight is 430 g/mol. The van der Waals surface area contributed by atoms with Crippen LogP contribution in [-0.2, 0) is 0 Å². The van der Waals surface area contributed by atoms with E-state index in [2.05, 4.69) is 0 Å². The molecule has 2 aliphatic heterocycles. The highest BCUT2D eigenvalue weighted by molar-refractivity contribution is 6.02. The molecule has 3 aromatic carbocycles. The first-order chi connectivity index (χ1) is 15.6. The van der Waals surface area contributed by atoms with Crippen molar-refractivity contribution in [3.63, 3.8) is 0 Å². The summed E-state index contributed by atoms with van der Waals surface area (Å²) in [5, 5.41) is 16.8. The Bertz CT molecular complexity index is 1210. The molecule has 0 spiro atoms. The maximum Gasteiger partial charge on any atom is 0.340 e. The summed E-state index contributed by atoms with van der Waals surface area (Å²) in [5.41, 5.74) is 3.43. The first-order valence-electron chi connectivity index (χ1n) is 10.3. The summed E-state index contributed by atoms with van der Waals surface area (Å²) in [7, 11) is 2.90. The van der Waals surface area contributed by atoms with E-state index in [1.165, 1.54) is 14.2 Å². The number of aromatic carboxylic acids is 1. The number of fused-ring (bicyclic) bond motifs is 3. The zero-order valence-electron chi connectivity index (χ0n) is 17.7. The van der Waals surface area contributed by atoms with Crippen LogP contribution in [0.5, 0.6) is 17.2 Å². The zero-order chi connectivity index (χ0) is 22.2. The van der Waals surface area contributed by atoms with Crippen molar-refractivity contribution in [1.82, 2.24) is 5.01 Å². The van der Waals surface area contributed by atoms with Gasteiger partial charge in [0, 0.05) is 17.5 Å². The minimum absolute atomic E-state index is 0.00153. The van der Waals surface area contributed by atoms with Crippen LogP contribution in [0.25, 0.3) is 0 Å². The smallest absolute Gasteiger partial charge is 0.340 e. The van der Waals surface area contributed by atoms with Crippen molar-refractivity contribution in [3.05, 3.63) is 89.0 Å². The predicted molar refractivity (Wildman–Crippen MR) is 118 cm³/mol. The van der Waals surface area contributed by atoms with E-state index in [9.17, 15) is 9.90 Å². The lowest BCUT2D eigenvalue weighted by Crippen LogP contribution is -2.34. The first-order valence-corrected chi connectivity index (χ1v) is 10.3. The second kappa shape index (κ2) is 7.92. The number of methoxy groups -OCH3 is 2. The lowest BCUT2D eigenvalue weighted by atomic mass is 9.95. The minimum atomic E-state index is -1.12. The van der Waals surface area contributed by atoms with Gasteiger partial charge >= 0.3 is 5.97 Å². The average Bonchev–Trinajstić information content (AvgIpc) is 3.29. The van der Waals surface area contributed by atoms with E-state index < -0.39 is 12.2 Å². The van der Waals surface area contributed by atoms with Gasteiger partial charge in [0.05, 0.1) is 26.0 Å². The Morgan fingerprint density at radius 2 is 1.75 bits per heavy atom. The van der Waals surface area contributed by atoms with E-state index in [4.69, 9.17) is 19.3 Å². The van der Waals surface area contributed by atoms with Crippen LogP contribution in [0.4, 0.5) is 0 Å². The number of carboxylic acids is 1. The van der Waals surface area contributed by atoms with Crippen LogP contribution < -0.4 is 14.2 Å². The molecule has 1 N–H and O–H groups in total. The highest BCUT2D eigenvalue weighted by atomic mass is 16.5. The number of carbonyl (C=O) groups is 1. The Hall–Kier alpha value is -4.00. The van der Waals surface area contributed by atoms with Gasteiger partial charge in [-0.2, -0.15) is 5.10 Å². The molecule has 2 heterocycles. The largest absolute Gasteiger partial charge is 0.493 e. The van der Waals surface area contributed by atoms with E-state index in [-0.39, 0.29) is 17.4 Å². The standard InChI is InChI=1S/C25H22N2O5/c1-30-21-13-12-17(22(25(28)29)23(21)31-2)24-27-19(16-10-6-7-11-20(16)32-24)14-18(26-27)15-8-4-3-5-9-15/h3-13,19,24H,14H2,1-2H3,(H,28,29). The van der Waals surface area contributed by atoms with Gasteiger partial charge in [0.25, 0.3) is 0 Å². The fourth-order valence-electron chi connectivity index (χ4n) is 4.41. The van der Waals surface area contributed by atoms with Crippen LogP contribution in [0.3, 0.4) is 0 Å². The van der Waals surface area contributed by atoms with Gasteiger partial charge in [-0.15, -0.1) is 0 Å². The molecule has 0 bridgehead atoms. The Morgan fingerprint density at radius 3 is 2.47 bits per heavy atom. The van der Waals surface area contributed by atoms with Gasteiger partial charge in [-0.3, -0.25) is 0 Å². The van der Waals surface area contributed by atoms with E-state index in [0.29, 0.717) is 17.7 Å². The molecule has 0 amide bonds. The van der Waals surface area contributed by atoms with Gasteiger partial charge in [0.1, 0.15) is 11.3 Å². The van der Waals surface area contributed by atoms with Crippen molar-refractivity contribution >= 4 is 11.7 Å². The molecule has 3 aromatic rings. The SMILES string of the molecule is COc1ccc(C2Oc3ccccc3C3CC(c4ccccc4)=NN32)c(C(=O)O)c1OC. The highest BCUT2D eigenvalue weighted by Crippen LogP contribution is 2.49. The number of nitrogens with zero attached hydrogens (tertiary/aromatic N) is 2. The molecule has 0 aromatic heterocycles. The van der Waals surface area contributed by atoms with Gasteiger partial charge in [-0.25, -0.2) is 9.80 Å². The van der Waals surface area contributed by atoms with Gasteiger partial charge in [0.15, 0.2) is 11.5 Å². The molecule has 7 nitrogen and oxygen atoms in total. The van der Waals surface area contributed by atoms with Crippen LogP contribution in [-0.4, -0.2) is 36.0 Å². The topological polar surface area (TPSA) is 80.6 Å². The van der Waals surface area contributed by atoms with Crippen molar-refractivity contribution in [2.75, 3.05) is 14.2 Å². The van der Waals surface area contributed by atoms with Crippen LogP contribution in [0, 0.1) is 0 Å². The summed E-state index contributed by atoms with van der Waals surface area (Å²) >= 11 is 0. The van der Waals surface area contributed by atoms with Crippen LogP contribution in [0.2, 0.25) is 0 Å². The van der Waals surface area contributed by atoms with Crippen LogP contribution in [0.15, 0.2) is 71.8 Å². The normalized spacial score (nSPS) is 18.8. The minimum Gasteiger partial charge on any atom is -0.493 e. The molecule has 2 aliphatic rings. The Labute approximate surface area is 185 Å². The van der Waals surface area contributed by atoms with Gasteiger partial charge in [0.2, 0.25) is 6.23 Å². The van der Waals surface area contributed by atoms with Gasteiger partial charge in [-0.05, 0) is 23.8 Å². The number of hydrogen-bond acceptors (Lipinski definition) is 6. The third-order valence-corrected chi connectivity index (χ3v) is 5.86. The number of ether oxygens (including phenoxy) is 3. The van der Waals surface area contributed by atoms with Gasteiger partial charge in [-0.1, -0.05) is 48.5 Å². The maximum atomic E-state index is 12.3. The van der Waals surface area contributed by atoms with Crippen molar-refractivity contribution in [2.24, 2.45) is 5.10 Å². The lowest BCUT2D eigenvalue weighted by Gasteiger charge is -2.38. The molecule has 0 saturated carbocycles. The van der Waals surface area contributed by atoms with Crippen molar-refractivity contribution in [3.8, 4) is 17.2 Å². The third kappa shape index (κ3) is 3.13. The first kappa shape index (κ1) is 19.9. The molecular formula is C25H22N2O5. The maximum absolute atomic E-state index is 12.3. The third-order valence-electron chi connectivity index (χ3n) is 5.86. The van der Waals surface area contributed by atoms with E-state index in [1.54, 1.807) is 12.1 Å². The van der Waals surface area contributed by atoms with E-state index >= 15 is 0 Å². The number of hydrogen-bond donors (Lipinski definition) is 1. The monoisotopic (exact) mass is 430 g/mol. The molecule has 162 valence electrons. The molecule has 0 saturated heterocycles. The Kier molecular flexibility index (Phi) is 4.93. The van der Waals surface area contributed by atoms with Crippen molar-refractivity contribution in [2.45, 2.75) is 18.7 Å². The summed E-state index contributed by atoms with van der Waals surface area (Å²) in [5.74, 6) is 0.0925. The molecule has 5 rings (SSSR count). The number of para-hydroxylation sites is 1. The molecular weight excluding hydrogens is 408 g/mol. The number of carboxylic acid groups (broad SMARTS) is 1. The number of benzene rings is 3. The molecule has 32 heavy (non-hydrogen) atoms. The fourth-order valence-corrected chi connectivity index (χ4v) is 4.41. The zero-order valence-corrected chi connectivity index (χ0v) is 17.7. The van der Waals surface area contributed by atoms with Crippen LogP contribution in [0.1, 0.15) is 45.7 Å². The quantitative estimate of drug-likeness (QED) is 0.635. The fraction of sp³-hybridized carbons (Fsp3) is 0.200. The van der Waals surface area contributed by atoms with Crippen molar-refractivity contribution in [1.29, 1.82) is 0 Å². The van der Waals surface area contributed by atoms with Crippen LogP contribution >= 0.6 is 0 Å². The molecule has 7 heteroatoms. The lowest BCUT2D eigenvalue weighted by molar-refractivity contribution is -0.0199. The number of rotatable bonds is 5. The Morgan fingerprint density at radius 1 is 1.00 bits per heavy atom. The molecule has 0 aliphatic carbocycles. The second-order valence-electron chi connectivity index (χ2n) is 7.59. The van der Waals surface area contributed by atoms with Crippen molar-refractivity contribution < 1.29 is 24.1 Å². The molecule has 0 radical (unpaired) electrons. The predicted octanol–water partition coefficient (Wildman–Crippen LogP) is 4.64. The highest BCUT2D eigenvalue weighted by Gasteiger charge is 2.43. The van der Waals surface area contributed by atoms with E-state index in [1.807, 2.05) is 59.6 Å². The molecule has 0 fully saturated rings. The number of hydrazone groups is 1. The summed E-state index contributed by atoms with van der Waals surface area (Å²) in [6.45, 7) is 0.